The molecule has 0 unspecified atom stereocenters. The maximum atomic E-state index is 6.07. The van der Waals surface area contributed by atoms with Crippen molar-refractivity contribution >= 4 is 33.4 Å². The van der Waals surface area contributed by atoms with Crippen LogP contribution < -0.4 is 0 Å². The van der Waals surface area contributed by atoms with Gasteiger partial charge >= 0.3 is 0 Å². The summed E-state index contributed by atoms with van der Waals surface area (Å²) in [6.45, 7) is 2.02. The van der Waals surface area contributed by atoms with Gasteiger partial charge in [-0.05, 0) is 36.6 Å². The van der Waals surface area contributed by atoms with Crippen molar-refractivity contribution in [2.24, 2.45) is 0 Å². The van der Waals surface area contributed by atoms with Crippen molar-refractivity contribution in [3.8, 4) is 5.69 Å². The van der Waals surface area contributed by atoms with Crippen LogP contribution in [0.15, 0.2) is 60.7 Å². The van der Waals surface area contributed by atoms with Crippen molar-refractivity contribution in [3.05, 3.63) is 71.5 Å². The van der Waals surface area contributed by atoms with Gasteiger partial charge in [0.05, 0.1) is 16.7 Å². The Morgan fingerprint density at radius 2 is 1.76 bits per heavy atom. The molecule has 0 bridgehead atoms. The summed E-state index contributed by atoms with van der Waals surface area (Å²) in [6, 6.07) is 20.6. The second-order valence-electron chi connectivity index (χ2n) is 5.13. The van der Waals surface area contributed by atoms with Crippen LogP contribution in [0.2, 0.25) is 5.02 Å². The van der Waals surface area contributed by atoms with Gasteiger partial charge in [-0.1, -0.05) is 48.0 Å². The SMILES string of the molecule is Cc1nc2cc(Cl)ccc2n1-c1cccc2ccccc12. The molecular formula is C18H13ClN2. The zero-order chi connectivity index (χ0) is 14.4. The highest BCUT2D eigenvalue weighted by atomic mass is 35.5. The summed E-state index contributed by atoms with van der Waals surface area (Å²) in [4.78, 5) is 4.64. The number of hydrogen-bond acceptors (Lipinski definition) is 1. The highest BCUT2D eigenvalue weighted by molar-refractivity contribution is 6.31. The number of halogens is 1. The molecule has 21 heavy (non-hydrogen) atoms. The normalized spacial score (nSPS) is 11.3. The Hall–Kier alpha value is -2.32. The molecule has 3 aromatic carbocycles. The fourth-order valence-electron chi connectivity index (χ4n) is 2.88. The first kappa shape index (κ1) is 12.4. The maximum absolute atomic E-state index is 6.07. The summed E-state index contributed by atoms with van der Waals surface area (Å²) in [7, 11) is 0. The Kier molecular flexibility index (Phi) is 2.72. The van der Waals surface area contributed by atoms with Crippen LogP contribution in [0.25, 0.3) is 27.5 Å². The summed E-state index contributed by atoms with van der Waals surface area (Å²) >= 11 is 6.07. The van der Waals surface area contributed by atoms with Gasteiger partial charge in [-0.3, -0.25) is 4.57 Å². The summed E-state index contributed by atoms with van der Waals surface area (Å²) in [5, 5.41) is 3.16. The average molecular weight is 293 g/mol. The van der Waals surface area contributed by atoms with Gasteiger partial charge in [0.15, 0.2) is 0 Å². The van der Waals surface area contributed by atoms with E-state index in [-0.39, 0.29) is 0 Å². The number of fused-ring (bicyclic) bond motifs is 2. The molecular weight excluding hydrogens is 280 g/mol. The quantitative estimate of drug-likeness (QED) is 0.475. The molecule has 0 saturated carbocycles. The van der Waals surface area contributed by atoms with Gasteiger partial charge in [-0.15, -0.1) is 0 Å². The predicted molar refractivity (Wildman–Crippen MR) is 88.3 cm³/mol. The zero-order valence-corrected chi connectivity index (χ0v) is 12.3. The molecule has 0 saturated heterocycles. The lowest BCUT2D eigenvalue weighted by Crippen LogP contribution is -1.97. The molecule has 0 aliphatic carbocycles. The van der Waals surface area contributed by atoms with Crippen LogP contribution in [0.1, 0.15) is 5.82 Å². The first-order valence-corrected chi connectivity index (χ1v) is 7.24. The van der Waals surface area contributed by atoms with E-state index in [2.05, 4.69) is 52.0 Å². The third-order valence-corrected chi connectivity index (χ3v) is 4.03. The highest BCUT2D eigenvalue weighted by Gasteiger charge is 2.11. The third kappa shape index (κ3) is 1.91. The molecule has 4 aromatic rings. The van der Waals surface area contributed by atoms with E-state index in [0.717, 1.165) is 22.5 Å². The second-order valence-corrected chi connectivity index (χ2v) is 5.56. The number of nitrogens with zero attached hydrogens (tertiary/aromatic N) is 2. The van der Waals surface area contributed by atoms with Crippen LogP contribution in [0, 0.1) is 6.92 Å². The third-order valence-electron chi connectivity index (χ3n) is 3.79. The van der Waals surface area contributed by atoms with E-state index in [4.69, 9.17) is 11.6 Å². The molecule has 3 heteroatoms. The fourth-order valence-corrected chi connectivity index (χ4v) is 3.05. The van der Waals surface area contributed by atoms with Gasteiger partial charge in [0.2, 0.25) is 0 Å². The number of rotatable bonds is 1. The van der Waals surface area contributed by atoms with Crippen LogP contribution in [0.3, 0.4) is 0 Å². The first-order valence-electron chi connectivity index (χ1n) is 6.87. The van der Waals surface area contributed by atoms with E-state index < -0.39 is 0 Å². The van der Waals surface area contributed by atoms with E-state index >= 15 is 0 Å². The molecule has 0 N–H and O–H groups in total. The monoisotopic (exact) mass is 292 g/mol. The molecule has 0 spiro atoms. The topological polar surface area (TPSA) is 17.8 Å². The van der Waals surface area contributed by atoms with Crippen molar-refractivity contribution in [1.82, 2.24) is 9.55 Å². The smallest absolute Gasteiger partial charge is 0.111 e. The molecule has 0 radical (unpaired) electrons. The molecule has 1 aromatic heterocycles. The lowest BCUT2D eigenvalue weighted by molar-refractivity contribution is 1.01. The van der Waals surface area contributed by atoms with Crippen LogP contribution in [-0.2, 0) is 0 Å². The van der Waals surface area contributed by atoms with Crippen LogP contribution in [0.5, 0.6) is 0 Å². The minimum atomic E-state index is 0.713. The van der Waals surface area contributed by atoms with E-state index in [1.54, 1.807) is 0 Å². The van der Waals surface area contributed by atoms with E-state index in [1.807, 2.05) is 25.1 Å². The Morgan fingerprint density at radius 3 is 2.67 bits per heavy atom. The molecule has 0 atom stereocenters. The van der Waals surface area contributed by atoms with E-state index in [1.165, 1.54) is 10.8 Å². The van der Waals surface area contributed by atoms with Gasteiger partial charge in [0.25, 0.3) is 0 Å². The van der Waals surface area contributed by atoms with Crippen LogP contribution in [-0.4, -0.2) is 9.55 Å². The average Bonchev–Trinajstić information content (AvgIpc) is 2.81. The second kappa shape index (κ2) is 4.61. The molecule has 0 aliphatic heterocycles. The summed E-state index contributed by atoms with van der Waals surface area (Å²) in [5.41, 5.74) is 3.15. The number of aryl methyl sites for hydroxylation is 1. The highest BCUT2D eigenvalue weighted by Crippen LogP contribution is 2.28. The van der Waals surface area contributed by atoms with Gasteiger partial charge in [0, 0.05) is 10.4 Å². The molecule has 102 valence electrons. The van der Waals surface area contributed by atoms with Gasteiger partial charge in [-0.2, -0.15) is 0 Å². The van der Waals surface area contributed by atoms with Gasteiger partial charge < -0.3 is 0 Å². The standard InChI is InChI=1S/C18H13ClN2/c1-12-20-16-11-14(19)9-10-18(16)21(12)17-8-4-6-13-5-2-3-7-15(13)17/h2-11H,1H3. The number of imidazole rings is 1. The lowest BCUT2D eigenvalue weighted by Gasteiger charge is -2.10. The maximum Gasteiger partial charge on any atom is 0.111 e. The fraction of sp³-hybridized carbons (Fsp3) is 0.0556. The van der Waals surface area contributed by atoms with Gasteiger partial charge in [-0.25, -0.2) is 4.98 Å². The van der Waals surface area contributed by atoms with Crippen molar-refractivity contribution in [2.45, 2.75) is 6.92 Å². The van der Waals surface area contributed by atoms with Crippen molar-refractivity contribution in [1.29, 1.82) is 0 Å². The van der Waals surface area contributed by atoms with E-state index in [0.29, 0.717) is 5.02 Å². The number of hydrogen-bond donors (Lipinski definition) is 0. The lowest BCUT2D eigenvalue weighted by atomic mass is 10.1. The Labute approximate surface area is 127 Å². The van der Waals surface area contributed by atoms with Crippen molar-refractivity contribution in [2.75, 3.05) is 0 Å². The molecule has 2 nitrogen and oxygen atoms in total. The van der Waals surface area contributed by atoms with Crippen molar-refractivity contribution in [3.63, 3.8) is 0 Å². The van der Waals surface area contributed by atoms with Gasteiger partial charge in [0.1, 0.15) is 5.82 Å². The largest absolute Gasteiger partial charge is 0.296 e. The summed E-state index contributed by atoms with van der Waals surface area (Å²) in [6.07, 6.45) is 0. The molecule has 1 heterocycles. The van der Waals surface area contributed by atoms with Crippen LogP contribution in [0.4, 0.5) is 0 Å². The molecule has 4 rings (SSSR count). The molecule has 0 amide bonds. The number of aromatic nitrogens is 2. The zero-order valence-electron chi connectivity index (χ0n) is 11.5. The van der Waals surface area contributed by atoms with Crippen molar-refractivity contribution < 1.29 is 0 Å². The minimum absolute atomic E-state index is 0.713. The number of benzene rings is 3. The predicted octanol–water partition coefficient (Wildman–Crippen LogP) is 5.14. The molecule has 0 aliphatic rings. The summed E-state index contributed by atoms with van der Waals surface area (Å²) in [5.74, 6) is 0.962. The summed E-state index contributed by atoms with van der Waals surface area (Å²) < 4.78 is 2.19. The molecule has 0 fully saturated rings. The Bertz CT molecular complexity index is 964. The van der Waals surface area contributed by atoms with Crippen LogP contribution >= 0.6 is 11.6 Å². The minimum Gasteiger partial charge on any atom is -0.296 e. The Morgan fingerprint density at radius 1 is 0.952 bits per heavy atom. The Balaban J connectivity index is 2.11. The first-order chi connectivity index (χ1) is 10.2. The van der Waals surface area contributed by atoms with E-state index in [9.17, 15) is 0 Å².